The minimum atomic E-state index is -0.733. The summed E-state index contributed by atoms with van der Waals surface area (Å²) in [6.07, 6.45) is 4.77. The van der Waals surface area contributed by atoms with Gasteiger partial charge in [0.1, 0.15) is 11.4 Å². The standard InChI is InChI=1S/C31H32N2O5/c1-5-7-10-15-37-23-13-12-21(18-25(23)36-6-2)28-27-29(34)22-16-19(3)20(4)17-24(22)38-30(27)31(35)33(28)26-11-8-9-14-32-26/h8-9,11-14,16-18,28H,5-7,10,15H2,1-4H3. The molecular weight excluding hydrogens is 480 g/mol. The van der Waals surface area contributed by atoms with Crippen molar-refractivity contribution in [1.82, 2.24) is 4.98 Å². The van der Waals surface area contributed by atoms with E-state index in [2.05, 4.69) is 11.9 Å². The number of amides is 1. The van der Waals surface area contributed by atoms with E-state index in [1.807, 2.05) is 57.2 Å². The maximum atomic E-state index is 14.0. The van der Waals surface area contributed by atoms with Gasteiger partial charge in [0.2, 0.25) is 5.76 Å². The zero-order valence-electron chi connectivity index (χ0n) is 22.2. The van der Waals surface area contributed by atoms with Crippen LogP contribution >= 0.6 is 0 Å². The number of anilines is 1. The zero-order chi connectivity index (χ0) is 26.8. The van der Waals surface area contributed by atoms with Crippen LogP contribution in [0.25, 0.3) is 11.0 Å². The van der Waals surface area contributed by atoms with Gasteiger partial charge in [0.15, 0.2) is 16.9 Å². The Morgan fingerprint density at radius 2 is 1.76 bits per heavy atom. The molecule has 0 spiro atoms. The zero-order valence-corrected chi connectivity index (χ0v) is 22.2. The molecule has 4 aromatic rings. The lowest BCUT2D eigenvalue weighted by molar-refractivity contribution is 0.0970. The van der Waals surface area contributed by atoms with Crippen LogP contribution in [0.1, 0.15) is 72.0 Å². The highest BCUT2D eigenvalue weighted by atomic mass is 16.5. The van der Waals surface area contributed by atoms with E-state index in [0.717, 1.165) is 30.4 Å². The lowest BCUT2D eigenvalue weighted by atomic mass is 9.97. The molecule has 1 amide bonds. The summed E-state index contributed by atoms with van der Waals surface area (Å²) in [5.41, 5.74) is 3.16. The Bertz CT molecular complexity index is 1540. The predicted octanol–water partition coefficient (Wildman–Crippen LogP) is 6.52. The molecule has 0 N–H and O–H groups in total. The number of benzene rings is 2. The van der Waals surface area contributed by atoms with Gasteiger partial charge in [-0.1, -0.05) is 31.9 Å². The van der Waals surface area contributed by atoms with Crippen molar-refractivity contribution in [2.24, 2.45) is 0 Å². The fourth-order valence-corrected chi connectivity index (χ4v) is 4.89. The monoisotopic (exact) mass is 512 g/mol. The van der Waals surface area contributed by atoms with E-state index in [-0.39, 0.29) is 11.2 Å². The van der Waals surface area contributed by atoms with Crippen LogP contribution in [-0.2, 0) is 0 Å². The van der Waals surface area contributed by atoms with Gasteiger partial charge in [0.25, 0.3) is 5.91 Å². The second kappa shape index (κ2) is 10.7. The van der Waals surface area contributed by atoms with E-state index >= 15 is 0 Å². The third kappa shape index (κ3) is 4.53. The lowest BCUT2D eigenvalue weighted by Gasteiger charge is -2.25. The number of aryl methyl sites for hydroxylation is 2. The van der Waals surface area contributed by atoms with Crippen molar-refractivity contribution in [3.63, 3.8) is 0 Å². The Kier molecular flexibility index (Phi) is 7.18. The first-order valence-corrected chi connectivity index (χ1v) is 13.2. The molecule has 0 fully saturated rings. The summed E-state index contributed by atoms with van der Waals surface area (Å²) in [6, 6.07) is 13.8. The highest BCUT2D eigenvalue weighted by Crippen LogP contribution is 2.43. The van der Waals surface area contributed by atoms with Crippen molar-refractivity contribution in [2.45, 2.75) is 53.0 Å². The normalized spacial score (nSPS) is 14.7. The average Bonchev–Trinajstić information content (AvgIpc) is 3.21. The number of aromatic nitrogens is 1. The summed E-state index contributed by atoms with van der Waals surface area (Å²) in [7, 11) is 0. The number of carbonyl (C=O) groups is 1. The Hall–Kier alpha value is -4.13. The summed E-state index contributed by atoms with van der Waals surface area (Å²) in [6.45, 7) is 9.01. The van der Waals surface area contributed by atoms with Gasteiger partial charge in [-0.25, -0.2) is 4.98 Å². The molecule has 1 atom stereocenters. The van der Waals surface area contributed by atoms with E-state index in [1.54, 1.807) is 18.3 Å². The van der Waals surface area contributed by atoms with Gasteiger partial charge in [-0.05, 0) is 80.3 Å². The molecule has 0 saturated heterocycles. The Morgan fingerprint density at radius 3 is 2.50 bits per heavy atom. The third-order valence-electron chi connectivity index (χ3n) is 6.97. The molecule has 2 aromatic carbocycles. The van der Waals surface area contributed by atoms with Crippen LogP contribution in [-0.4, -0.2) is 24.1 Å². The van der Waals surface area contributed by atoms with Crippen LogP contribution in [0.4, 0.5) is 5.82 Å². The molecule has 1 aliphatic rings. The Balaban J connectivity index is 1.68. The van der Waals surface area contributed by atoms with Crippen LogP contribution in [0, 0.1) is 13.8 Å². The minimum Gasteiger partial charge on any atom is -0.490 e. The molecule has 0 aliphatic carbocycles. The van der Waals surface area contributed by atoms with Gasteiger partial charge in [0.05, 0.1) is 30.2 Å². The molecule has 38 heavy (non-hydrogen) atoms. The van der Waals surface area contributed by atoms with Gasteiger partial charge in [-0.15, -0.1) is 0 Å². The number of nitrogens with zero attached hydrogens (tertiary/aromatic N) is 2. The fourth-order valence-electron chi connectivity index (χ4n) is 4.89. The highest BCUT2D eigenvalue weighted by molar-refractivity contribution is 6.10. The average molecular weight is 513 g/mol. The van der Waals surface area contributed by atoms with Crippen LogP contribution in [0.2, 0.25) is 0 Å². The third-order valence-corrected chi connectivity index (χ3v) is 6.97. The van der Waals surface area contributed by atoms with Crippen molar-refractivity contribution in [3.8, 4) is 11.5 Å². The number of carbonyl (C=O) groups excluding carboxylic acids is 1. The van der Waals surface area contributed by atoms with Gasteiger partial charge in [-0.3, -0.25) is 14.5 Å². The summed E-state index contributed by atoms with van der Waals surface area (Å²) < 4.78 is 18.1. The summed E-state index contributed by atoms with van der Waals surface area (Å²) >= 11 is 0. The number of rotatable bonds is 9. The Labute approximate surface area is 222 Å². The summed E-state index contributed by atoms with van der Waals surface area (Å²) in [5, 5.41) is 0.452. The van der Waals surface area contributed by atoms with Crippen molar-refractivity contribution in [3.05, 3.63) is 93.0 Å². The molecule has 0 saturated carbocycles. The summed E-state index contributed by atoms with van der Waals surface area (Å²) in [4.78, 5) is 33.7. The largest absolute Gasteiger partial charge is 0.490 e. The van der Waals surface area contributed by atoms with Crippen LogP contribution in [0.15, 0.2) is 63.9 Å². The molecule has 1 aliphatic heterocycles. The second-order valence-electron chi connectivity index (χ2n) is 9.57. The molecule has 1 unspecified atom stereocenters. The predicted molar refractivity (Wildman–Crippen MR) is 147 cm³/mol. The van der Waals surface area contributed by atoms with Crippen molar-refractivity contribution < 1.29 is 18.7 Å². The number of hydrogen-bond donors (Lipinski definition) is 0. The second-order valence-corrected chi connectivity index (χ2v) is 9.57. The highest BCUT2D eigenvalue weighted by Gasteiger charge is 2.44. The number of fused-ring (bicyclic) bond motifs is 2. The van der Waals surface area contributed by atoms with Gasteiger partial charge < -0.3 is 13.9 Å². The fraction of sp³-hybridized carbons (Fsp3) is 0.323. The first-order chi connectivity index (χ1) is 18.4. The van der Waals surface area contributed by atoms with Crippen LogP contribution < -0.4 is 19.8 Å². The van der Waals surface area contributed by atoms with E-state index in [4.69, 9.17) is 13.9 Å². The summed E-state index contributed by atoms with van der Waals surface area (Å²) in [5.74, 6) is 1.28. The van der Waals surface area contributed by atoms with E-state index in [0.29, 0.717) is 52.6 Å². The number of ether oxygens (including phenoxy) is 2. The van der Waals surface area contributed by atoms with E-state index in [9.17, 15) is 9.59 Å². The first kappa shape index (κ1) is 25.5. The maximum Gasteiger partial charge on any atom is 0.296 e. The minimum absolute atomic E-state index is 0.0410. The first-order valence-electron chi connectivity index (χ1n) is 13.2. The number of pyridine rings is 1. The van der Waals surface area contributed by atoms with Gasteiger partial charge in [-0.2, -0.15) is 0 Å². The SMILES string of the molecule is CCCCCOc1ccc(C2c3c(oc4cc(C)c(C)cc4c3=O)C(=O)N2c2ccccn2)cc1OCC. The molecule has 0 radical (unpaired) electrons. The van der Waals surface area contributed by atoms with Crippen LogP contribution in [0.3, 0.4) is 0 Å². The maximum absolute atomic E-state index is 14.0. The van der Waals surface area contributed by atoms with Crippen molar-refractivity contribution >= 4 is 22.7 Å². The quantitative estimate of drug-likeness (QED) is 0.237. The van der Waals surface area contributed by atoms with Crippen molar-refractivity contribution in [2.75, 3.05) is 18.1 Å². The topological polar surface area (TPSA) is 81.9 Å². The lowest BCUT2D eigenvalue weighted by Crippen LogP contribution is -2.30. The molecular formula is C31H32N2O5. The molecule has 2 aromatic heterocycles. The molecule has 5 rings (SSSR count). The van der Waals surface area contributed by atoms with E-state index < -0.39 is 11.9 Å². The van der Waals surface area contributed by atoms with E-state index in [1.165, 1.54) is 4.90 Å². The molecule has 7 nitrogen and oxygen atoms in total. The van der Waals surface area contributed by atoms with Crippen molar-refractivity contribution in [1.29, 1.82) is 0 Å². The Morgan fingerprint density at radius 1 is 0.947 bits per heavy atom. The van der Waals surface area contributed by atoms with Crippen LogP contribution in [0.5, 0.6) is 11.5 Å². The van der Waals surface area contributed by atoms with Gasteiger partial charge in [0, 0.05) is 6.20 Å². The smallest absolute Gasteiger partial charge is 0.296 e. The molecule has 0 bridgehead atoms. The van der Waals surface area contributed by atoms with Gasteiger partial charge >= 0.3 is 0 Å². The molecule has 3 heterocycles. The molecule has 196 valence electrons. The number of hydrogen-bond acceptors (Lipinski definition) is 6. The number of unbranched alkanes of at least 4 members (excludes halogenated alkanes) is 2. The molecule has 7 heteroatoms.